The van der Waals surface area contributed by atoms with Crippen LogP contribution in [0.5, 0.6) is 0 Å². The van der Waals surface area contributed by atoms with Crippen molar-refractivity contribution in [3.05, 3.63) is 35.4 Å². The SMILES string of the molecule is Cc1cccc(CNCC2(C)CCOCC2)c1. The van der Waals surface area contributed by atoms with Crippen molar-refractivity contribution in [3.8, 4) is 0 Å². The van der Waals surface area contributed by atoms with Crippen LogP contribution in [0, 0.1) is 12.3 Å². The Morgan fingerprint density at radius 3 is 2.76 bits per heavy atom. The van der Waals surface area contributed by atoms with Crippen molar-refractivity contribution in [2.75, 3.05) is 19.8 Å². The predicted octanol–water partition coefficient (Wildman–Crippen LogP) is 2.90. The van der Waals surface area contributed by atoms with Gasteiger partial charge in [-0.3, -0.25) is 0 Å². The maximum atomic E-state index is 5.42. The van der Waals surface area contributed by atoms with Crippen LogP contribution < -0.4 is 5.32 Å². The number of ether oxygens (including phenoxy) is 1. The summed E-state index contributed by atoms with van der Waals surface area (Å²) in [5.74, 6) is 0. The molecule has 2 heteroatoms. The molecule has 1 N–H and O–H groups in total. The van der Waals surface area contributed by atoms with E-state index in [4.69, 9.17) is 4.74 Å². The number of nitrogens with one attached hydrogen (secondary N) is 1. The quantitative estimate of drug-likeness (QED) is 0.863. The Bertz CT molecular complexity index is 356. The topological polar surface area (TPSA) is 21.3 Å². The van der Waals surface area contributed by atoms with Gasteiger partial charge in [-0.2, -0.15) is 0 Å². The molecule has 0 aromatic heterocycles. The molecule has 0 amide bonds. The molecule has 1 aliphatic rings. The van der Waals surface area contributed by atoms with Crippen molar-refractivity contribution in [2.24, 2.45) is 5.41 Å². The molecular formula is C15H23NO. The van der Waals surface area contributed by atoms with Gasteiger partial charge < -0.3 is 10.1 Å². The van der Waals surface area contributed by atoms with Crippen LogP contribution in [-0.2, 0) is 11.3 Å². The van der Waals surface area contributed by atoms with Crippen LogP contribution in [0.4, 0.5) is 0 Å². The zero-order valence-electron chi connectivity index (χ0n) is 11.0. The number of hydrogen-bond donors (Lipinski definition) is 1. The first-order chi connectivity index (χ1) is 8.18. The Morgan fingerprint density at radius 2 is 2.06 bits per heavy atom. The highest BCUT2D eigenvalue weighted by Gasteiger charge is 2.26. The van der Waals surface area contributed by atoms with Gasteiger partial charge >= 0.3 is 0 Å². The zero-order valence-corrected chi connectivity index (χ0v) is 11.0. The molecule has 0 unspecified atom stereocenters. The maximum absolute atomic E-state index is 5.42. The van der Waals surface area contributed by atoms with Gasteiger partial charge in [-0.1, -0.05) is 36.8 Å². The van der Waals surface area contributed by atoms with E-state index in [2.05, 4.69) is 43.4 Å². The van der Waals surface area contributed by atoms with Gasteiger partial charge in [0.25, 0.3) is 0 Å². The maximum Gasteiger partial charge on any atom is 0.0471 e. The summed E-state index contributed by atoms with van der Waals surface area (Å²) in [6.45, 7) is 8.40. The van der Waals surface area contributed by atoms with Crippen LogP contribution in [0.1, 0.15) is 30.9 Å². The van der Waals surface area contributed by atoms with E-state index in [9.17, 15) is 0 Å². The molecule has 0 atom stereocenters. The van der Waals surface area contributed by atoms with E-state index in [1.165, 1.54) is 24.0 Å². The van der Waals surface area contributed by atoms with Gasteiger partial charge in [-0.25, -0.2) is 0 Å². The van der Waals surface area contributed by atoms with E-state index in [1.807, 2.05) is 0 Å². The molecule has 1 aromatic carbocycles. The lowest BCUT2D eigenvalue weighted by atomic mass is 9.82. The second-order valence-electron chi connectivity index (χ2n) is 5.52. The minimum absolute atomic E-state index is 0.419. The Labute approximate surface area is 104 Å². The van der Waals surface area contributed by atoms with Crippen molar-refractivity contribution < 1.29 is 4.74 Å². The monoisotopic (exact) mass is 233 g/mol. The standard InChI is InChI=1S/C15H23NO/c1-13-4-3-5-14(10-13)11-16-12-15(2)6-8-17-9-7-15/h3-5,10,16H,6-9,11-12H2,1-2H3. The predicted molar refractivity (Wildman–Crippen MR) is 71.0 cm³/mol. The summed E-state index contributed by atoms with van der Waals surface area (Å²) in [5, 5.41) is 3.58. The number of rotatable bonds is 4. The van der Waals surface area contributed by atoms with E-state index in [-0.39, 0.29) is 0 Å². The van der Waals surface area contributed by atoms with Crippen molar-refractivity contribution in [2.45, 2.75) is 33.2 Å². The van der Waals surface area contributed by atoms with Gasteiger partial charge in [-0.15, -0.1) is 0 Å². The van der Waals surface area contributed by atoms with Crippen molar-refractivity contribution in [1.82, 2.24) is 5.32 Å². The fraction of sp³-hybridized carbons (Fsp3) is 0.600. The summed E-state index contributed by atoms with van der Waals surface area (Å²) in [4.78, 5) is 0. The third-order valence-electron chi connectivity index (χ3n) is 3.66. The van der Waals surface area contributed by atoms with Crippen LogP contribution in [-0.4, -0.2) is 19.8 Å². The first-order valence-electron chi connectivity index (χ1n) is 6.52. The Morgan fingerprint density at radius 1 is 1.29 bits per heavy atom. The minimum atomic E-state index is 0.419. The summed E-state index contributed by atoms with van der Waals surface area (Å²) in [6, 6.07) is 8.71. The summed E-state index contributed by atoms with van der Waals surface area (Å²) in [7, 11) is 0. The first-order valence-corrected chi connectivity index (χ1v) is 6.52. The van der Waals surface area contributed by atoms with Gasteiger partial charge in [0.05, 0.1) is 0 Å². The summed E-state index contributed by atoms with van der Waals surface area (Å²) in [5.41, 5.74) is 3.13. The van der Waals surface area contributed by atoms with E-state index < -0.39 is 0 Å². The molecule has 1 saturated heterocycles. The molecule has 0 spiro atoms. The zero-order chi connectivity index (χ0) is 12.1. The first kappa shape index (κ1) is 12.6. The van der Waals surface area contributed by atoms with E-state index in [0.717, 1.165) is 26.3 Å². The molecule has 0 radical (unpaired) electrons. The molecule has 0 saturated carbocycles. The average molecular weight is 233 g/mol. The molecule has 2 rings (SSSR count). The summed E-state index contributed by atoms with van der Waals surface area (Å²) < 4.78 is 5.42. The molecule has 1 aliphatic heterocycles. The Hall–Kier alpha value is -0.860. The van der Waals surface area contributed by atoms with E-state index in [0.29, 0.717) is 5.41 Å². The lowest BCUT2D eigenvalue weighted by Crippen LogP contribution is -2.36. The molecule has 1 aromatic rings. The highest BCUT2D eigenvalue weighted by Crippen LogP contribution is 2.28. The third-order valence-corrected chi connectivity index (χ3v) is 3.66. The van der Waals surface area contributed by atoms with Crippen molar-refractivity contribution >= 4 is 0 Å². The van der Waals surface area contributed by atoms with Gasteiger partial charge in [0, 0.05) is 26.3 Å². The molecule has 1 heterocycles. The normalized spacial score (nSPS) is 19.2. The number of aryl methyl sites for hydroxylation is 1. The molecule has 17 heavy (non-hydrogen) atoms. The molecule has 0 aliphatic carbocycles. The molecule has 94 valence electrons. The van der Waals surface area contributed by atoms with Crippen LogP contribution in [0.15, 0.2) is 24.3 Å². The smallest absolute Gasteiger partial charge is 0.0471 e. The van der Waals surface area contributed by atoms with E-state index >= 15 is 0 Å². The fourth-order valence-corrected chi connectivity index (χ4v) is 2.37. The highest BCUT2D eigenvalue weighted by molar-refractivity contribution is 5.21. The highest BCUT2D eigenvalue weighted by atomic mass is 16.5. The lowest BCUT2D eigenvalue weighted by Gasteiger charge is -2.33. The number of benzene rings is 1. The second kappa shape index (κ2) is 5.65. The largest absolute Gasteiger partial charge is 0.381 e. The lowest BCUT2D eigenvalue weighted by molar-refractivity contribution is 0.0240. The fourth-order valence-electron chi connectivity index (χ4n) is 2.37. The molecular weight excluding hydrogens is 210 g/mol. The van der Waals surface area contributed by atoms with E-state index in [1.54, 1.807) is 0 Å². The van der Waals surface area contributed by atoms with Gasteiger partial charge in [-0.05, 0) is 30.7 Å². The number of hydrogen-bond acceptors (Lipinski definition) is 2. The van der Waals surface area contributed by atoms with Crippen molar-refractivity contribution in [1.29, 1.82) is 0 Å². The minimum Gasteiger partial charge on any atom is -0.381 e. The molecule has 2 nitrogen and oxygen atoms in total. The van der Waals surface area contributed by atoms with Crippen molar-refractivity contribution in [3.63, 3.8) is 0 Å². The molecule has 0 bridgehead atoms. The van der Waals surface area contributed by atoms with Crippen LogP contribution >= 0.6 is 0 Å². The summed E-state index contributed by atoms with van der Waals surface area (Å²) >= 11 is 0. The Kier molecular flexibility index (Phi) is 4.19. The van der Waals surface area contributed by atoms with Gasteiger partial charge in [0.1, 0.15) is 0 Å². The van der Waals surface area contributed by atoms with Crippen LogP contribution in [0.3, 0.4) is 0 Å². The van der Waals surface area contributed by atoms with Gasteiger partial charge in [0.15, 0.2) is 0 Å². The average Bonchev–Trinajstić information content (AvgIpc) is 2.30. The Balaban J connectivity index is 1.79. The van der Waals surface area contributed by atoms with Gasteiger partial charge in [0.2, 0.25) is 0 Å². The second-order valence-corrected chi connectivity index (χ2v) is 5.52. The molecule has 1 fully saturated rings. The van der Waals surface area contributed by atoms with Crippen LogP contribution in [0.25, 0.3) is 0 Å². The van der Waals surface area contributed by atoms with Crippen LogP contribution in [0.2, 0.25) is 0 Å². The summed E-state index contributed by atoms with van der Waals surface area (Å²) in [6.07, 6.45) is 2.35. The third kappa shape index (κ3) is 3.83.